The normalized spacial score (nSPS) is 26.8. The van der Waals surface area contributed by atoms with Gasteiger partial charge in [0.1, 0.15) is 0 Å². The molecule has 2 atom stereocenters. The van der Waals surface area contributed by atoms with Gasteiger partial charge in [0.05, 0.1) is 5.02 Å². The molecule has 3 rings (SSSR count). The van der Waals surface area contributed by atoms with Gasteiger partial charge in [-0.2, -0.15) is 0 Å². The van der Waals surface area contributed by atoms with Crippen LogP contribution in [0.15, 0.2) is 12.1 Å². The third-order valence-electron chi connectivity index (χ3n) is 3.10. The Labute approximate surface area is 93.1 Å². The summed E-state index contributed by atoms with van der Waals surface area (Å²) in [5.74, 6) is 2.61. The monoisotopic (exact) mass is 225 g/mol. The van der Waals surface area contributed by atoms with Crippen LogP contribution in [0.3, 0.4) is 0 Å². The van der Waals surface area contributed by atoms with Crippen LogP contribution in [-0.4, -0.2) is 13.3 Å². The van der Waals surface area contributed by atoms with Crippen LogP contribution in [0, 0.1) is 5.92 Å². The Bertz CT molecular complexity index is 408. The maximum Gasteiger partial charge on any atom is 0.231 e. The van der Waals surface area contributed by atoms with Crippen LogP contribution in [0.25, 0.3) is 0 Å². The van der Waals surface area contributed by atoms with E-state index in [0.29, 0.717) is 22.6 Å². The quantitative estimate of drug-likeness (QED) is 0.839. The topological polar surface area (TPSA) is 44.5 Å². The van der Waals surface area contributed by atoms with Crippen LogP contribution in [-0.2, 0) is 0 Å². The van der Waals surface area contributed by atoms with E-state index in [1.54, 1.807) is 0 Å². The van der Waals surface area contributed by atoms with E-state index in [0.717, 1.165) is 18.7 Å². The fourth-order valence-electron chi connectivity index (χ4n) is 2.12. The van der Waals surface area contributed by atoms with Crippen molar-refractivity contribution in [3.63, 3.8) is 0 Å². The van der Waals surface area contributed by atoms with Crippen LogP contribution >= 0.6 is 11.6 Å². The summed E-state index contributed by atoms with van der Waals surface area (Å²) in [6, 6.07) is 3.99. The van der Waals surface area contributed by atoms with Gasteiger partial charge in [-0.3, -0.25) is 0 Å². The molecular formula is C11H12ClNO2. The largest absolute Gasteiger partial charge is 0.454 e. The molecule has 2 N–H and O–H groups in total. The molecule has 4 heteroatoms. The summed E-state index contributed by atoms with van der Waals surface area (Å²) in [6.07, 6.45) is 1.16. The van der Waals surface area contributed by atoms with E-state index in [2.05, 4.69) is 0 Å². The van der Waals surface area contributed by atoms with E-state index in [-0.39, 0.29) is 6.79 Å². The number of hydrogen-bond donors (Lipinski definition) is 1. The van der Waals surface area contributed by atoms with Crippen LogP contribution in [0.2, 0.25) is 5.02 Å². The van der Waals surface area contributed by atoms with Crippen molar-refractivity contribution >= 4 is 11.6 Å². The van der Waals surface area contributed by atoms with Gasteiger partial charge in [0.25, 0.3) is 0 Å². The third kappa shape index (κ3) is 1.46. The molecular weight excluding hydrogens is 214 g/mol. The number of nitrogens with two attached hydrogens (primary N) is 1. The molecule has 1 fully saturated rings. The molecule has 1 heterocycles. The minimum Gasteiger partial charge on any atom is -0.454 e. The minimum atomic E-state index is 0.267. The molecule has 2 aliphatic rings. The Hall–Kier alpha value is -0.930. The predicted molar refractivity (Wildman–Crippen MR) is 57.5 cm³/mol. The minimum absolute atomic E-state index is 0.267. The van der Waals surface area contributed by atoms with Crippen LogP contribution in [0.1, 0.15) is 17.9 Å². The first-order valence-corrected chi connectivity index (χ1v) is 5.46. The summed E-state index contributed by atoms with van der Waals surface area (Å²) < 4.78 is 10.6. The number of ether oxygens (including phenoxy) is 2. The Kier molecular flexibility index (Phi) is 2.04. The van der Waals surface area contributed by atoms with E-state index < -0.39 is 0 Å². The lowest BCUT2D eigenvalue weighted by Crippen LogP contribution is -2.01. The zero-order valence-corrected chi connectivity index (χ0v) is 8.96. The summed E-state index contributed by atoms with van der Waals surface area (Å²) >= 11 is 6.10. The standard InChI is InChI=1S/C11H12ClNO2/c12-9-2-6(8-1-7(8)4-13)3-10-11(9)15-5-14-10/h2-3,7-8H,1,4-5,13H2. The molecule has 80 valence electrons. The number of rotatable bonds is 2. The summed E-state index contributed by atoms with van der Waals surface area (Å²) in [4.78, 5) is 0. The highest BCUT2D eigenvalue weighted by Crippen LogP contribution is 2.50. The van der Waals surface area contributed by atoms with E-state index in [4.69, 9.17) is 26.8 Å². The highest BCUT2D eigenvalue weighted by atomic mass is 35.5. The first kappa shape index (κ1) is 9.31. The molecule has 15 heavy (non-hydrogen) atoms. The van der Waals surface area contributed by atoms with Crippen LogP contribution in [0.4, 0.5) is 0 Å². The molecule has 1 aliphatic heterocycles. The Morgan fingerprint density at radius 1 is 1.40 bits per heavy atom. The lowest BCUT2D eigenvalue weighted by atomic mass is 10.1. The highest BCUT2D eigenvalue weighted by Gasteiger charge is 2.38. The van der Waals surface area contributed by atoms with Gasteiger partial charge in [-0.15, -0.1) is 0 Å². The van der Waals surface area contributed by atoms with Gasteiger partial charge in [0.15, 0.2) is 11.5 Å². The average molecular weight is 226 g/mol. The summed E-state index contributed by atoms with van der Waals surface area (Å²) in [7, 11) is 0. The van der Waals surface area contributed by atoms with Crippen molar-refractivity contribution in [2.24, 2.45) is 11.7 Å². The van der Waals surface area contributed by atoms with Crippen molar-refractivity contribution in [2.45, 2.75) is 12.3 Å². The molecule has 0 radical (unpaired) electrons. The van der Waals surface area contributed by atoms with Crippen molar-refractivity contribution in [2.75, 3.05) is 13.3 Å². The van der Waals surface area contributed by atoms with Gasteiger partial charge in [0, 0.05) is 0 Å². The zero-order valence-electron chi connectivity index (χ0n) is 8.20. The van der Waals surface area contributed by atoms with Crippen molar-refractivity contribution in [3.05, 3.63) is 22.7 Å². The number of halogens is 1. The molecule has 1 aromatic rings. The number of fused-ring (bicyclic) bond motifs is 1. The van der Waals surface area contributed by atoms with Crippen molar-refractivity contribution in [1.82, 2.24) is 0 Å². The zero-order chi connectivity index (χ0) is 10.4. The second kappa shape index (κ2) is 3.29. The Morgan fingerprint density at radius 3 is 3.00 bits per heavy atom. The molecule has 0 aromatic heterocycles. The molecule has 0 bridgehead atoms. The molecule has 1 aromatic carbocycles. The maximum atomic E-state index is 6.10. The smallest absolute Gasteiger partial charge is 0.231 e. The SMILES string of the molecule is NCC1CC1c1cc(Cl)c2c(c1)OCO2. The van der Waals surface area contributed by atoms with E-state index in [1.165, 1.54) is 5.56 Å². The number of benzene rings is 1. The average Bonchev–Trinajstić information content (AvgIpc) is 2.88. The second-order valence-electron chi connectivity index (χ2n) is 4.07. The fourth-order valence-corrected chi connectivity index (χ4v) is 2.39. The van der Waals surface area contributed by atoms with Crippen LogP contribution < -0.4 is 15.2 Å². The molecule has 1 saturated carbocycles. The predicted octanol–water partition coefficient (Wildman–Crippen LogP) is 2.13. The highest BCUT2D eigenvalue weighted by molar-refractivity contribution is 6.32. The van der Waals surface area contributed by atoms with Gasteiger partial charge in [0.2, 0.25) is 6.79 Å². The third-order valence-corrected chi connectivity index (χ3v) is 3.38. The molecule has 3 nitrogen and oxygen atoms in total. The summed E-state index contributed by atoms with van der Waals surface area (Å²) in [5.41, 5.74) is 6.85. The van der Waals surface area contributed by atoms with E-state index in [9.17, 15) is 0 Å². The van der Waals surface area contributed by atoms with E-state index >= 15 is 0 Å². The summed E-state index contributed by atoms with van der Waals surface area (Å²) in [6.45, 7) is 1.01. The second-order valence-corrected chi connectivity index (χ2v) is 4.48. The first-order valence-electron chi connectivity index (χ1n) is 5.08. The van der Waals surface area contributed by atoms with Crippen molar-refractivity contribution in [1.29, 1.82) is 0 Å². The molecule has 0 amide bonds. The van der Waals surface area contributed by atoms with Crippen molar-refractivity contribution < 1.29 is 9.47 Å². The van der Waals surface area contributed by atoms with Gasteiger partial charge < -0.3 is 15.2 Å². The van der Waals surface area contributed by atoms with Crippen LogP contribution in [0.5, 0.6) is 11.5 Å². The fraction of sp³-hybridized carbons (Fsp3) is 0.455. The maximum absolute atomic E-state index is 6.10. The van der Waals surface area contributed by atoms with E-state index in [1.807, 2.05) is 12.1 Å². The van der Waals surface area contributed by atoms with Gasteiger partial charge in [-0.1, -0.05) is 11.6 Å². The van der Waals surface area contributed by atoms with Crippen molar-refractivity contribution in [3.8, 4) is 11.5 Å². The first-order chi connectivity index (χ1) is 7.29. The Morgan fingerprint density at radius 2 is 2.27 bits per heavy atom. The molecule has 0 spiro atoms. The Balaban J connectivity index is 1.94. The van der Waals surface area contributed by atoms with Gasteiger partial charge in [-0.25, -0.2) is 0 Å². The van der Waals surface area contributed by atoms with Gasteiger partial charge in [-0.05, 0) is 42.5 Å². The lowest BCUT2D eigenvalue weighted by Gasteiger charge is -2.04. The lowest BCUT2D eigenvalue weighted by molar-refractivity contribution is 0.174. The van der Waals surface area contributed by atoms with Gasteiger partial charge >= 0.3 is 0 Å². The molecule has 2 unspecified atom stereocenters. The molecule has 0 saturated heterocycles. The number of hydrogen-bond acceptors (Lipinski definition) is 3. The summed E-state index contributed by atoms with van der Waals surface area (Å²) in [5, 5.41) is 0.641. The molecule has 1 aliphatic carbocycles.